The number of rotatable bonds is 4. The zero-order valence-corrected chi connectivity index (χ0v) is 8.40. The van der Waals surface area contributed by atoms with Crippen molar-refractivity contribution in [1.29, 1.82) is 0 Å². The van der Waals surface area contributed by atoms with Gasteiger partial charge in [-0.25, -0.2) is 0 Å². The van der Waals surface area contributed by atoms with Crippen molar-refractivity contribution in [3.8, 4) is 0 Å². The van der Waals surface area contributed by atoms with Gasteiger partial charge in [0, 0.05) is 6.04 Å². The Labute approximate surface area is 83.8 Å². The van der Waals surface area contributed by atoms with Gasteiger partial charge in [0.2, 0.25) is 0 Å². The highest BCUT2D eigenvalue weighted by atomic mass is 16.4. The summed E-state index contributed by atoms with van der Waals surface area (Å²) in [6.45, 7) is 3.59. The third-order valence-corrected chi connectivity index (χ3v) is 2.17. The average molecular weight is 193 g/mol. The Morgan fingerprint density at radius 3 is 2.36 bits per heavy atom. The Morgan fingerprint density at radius 1 is 1.29 bits per heavy atom. The van der Waals surface area contributed by atoms with Crippen LogP contribution in [0.3, 0.4) is 0 Å². The number of nitrogens with one attached hydrogen (secondary N) is 1. The molecule has 2 N–H and O–H groups in total. The summed E-state index contributed by atoms with van der Waals surface area (Å²) in [6.07, 6.45) is 0. The van der Waals surface area contributed by atoms with Gasteiger partial charge in [-0.2, -0.15) is 0 Å². The van der Waals surface area contributed by atoms with Crippen LogP contribution in [0.15, 0.2) is 30.3 Å². The van der Waals surface area contributed by atoms with Crippen LogP contribution in [0.1, 0.15) is 25.5 Å². The summed E-state index contributed by atoms with van der Waals surface area (Å²) < 4.78 is 0. The molecule has 0 spiro atoms. The molecule has 1 aromatic rings. The molecular formula is C11H15NO2. The van der Waals surface area contributed by atoms with Gasteiger partial charge in [0.15, 0.2) is 0 Å². The van der Waals surface area contributed by atoms with Crippen LogP contribution in [0.5, 0.6) is 0 Å². The maximum Gasteiger partial charge on any atom is 0.320 e. The van der Waals surface area contributed by atoms with Crippen molar-refractivity contribution < 1.29 is 9.90 Å². The Balaban J connectivity index is 2.59. The number of carboxylic acid groups (broad SMARTS) is 1. The van der Waals surface area contributed by atoms with Crippen molar-refractivity contribution in [3.63, 3.8) is 0 Å². The van der Waals surface area contributed by atoms with Crippen LogP contribution in [0.25, 0.3) is 0 Å². The molecule has 1 rings (SSSR count). The molecule has 1 aromatic carbocycles. The van der Waals surface area contributed by atoms with Crippen molar-refractivity contribution in [2.45, 2.75) is 25.9 Å². The fourth-order valence-electron chi connectivity index (χ4n) is 1.28. The van der Waals surface area contributed by atoms with E-state index in [1.807, 2.05) is 37.3 Å². The topological polar surface area (TPSA) is 49.3 Å². The molecule has 3 heteroatoms. The minimum absolute atomic E-state index is 0.0577. The van der Waals surface area contributed by atoms with E-state index in [2.05, 4.69) is 5.32 Å². The average Bonchev–Trinajstić information content (AvgIpc) is 2.19. The first-order chi connectivity index (χ1) is 6.61. The second kappa shape index (κ2) is 4.77. The largest absolute Gasteiger partial charge is 0.480 e. The Hall–Kier alpha value is -1.35. The Morgan fingerprint density at radius 2 is 1.86 bits per heavy atom. The van der Waals surface area contributed by atoms with E-state index >= 15 is 0 Å². The maximum absolute atomic E-state index is 10.6. The molecule has 0 amide bonds. The molecule has 0 fully saturated rings. The summed E-state index contributed by atoms with van der Waals surface area (Å²) >= 11 is 0. The summed E-state index contributed by atoms with van der Waals surface area (Å²) in [7, 11) is 0. The minimum Gasteiger partial charge on any atom is -0.480 e. The molecule has 0 unspecified atom stereocenters. The van der Waals surface area contributed by atoms with Gasteiger partial charge in [-0.1, -0.05) is 30.3 Å². The van der Waals surface area contributed by atoms with Crippen LogP contribution >= 0.6 is 0 Å². The third-order valence-electron chi connectivity index (χ3n) is 2.17. The number of hydrogen-bond acceptors (Lipinski definition) is 2. The van der Waals surface area contributed by atoms with E-state index in [9.17, 15) is 4.79 Å². The minimum atomic E-state index is -0.826. The quantitative estimate of drug-likeness (QED) is 0.766. The van der Waals surface area contributed by atoms with E-state index in [1.54, 1.807) is 6.92 Å². The Kier molecular flexibility index (Phi) is 3.65. The monoisotopic (exact) mass is 193 g/mol. The lowest BCUT2D eigenvalue weighted by molar-refractivity contribution is -0.139. The van der Waals surface area contributed by atoms with E-state index in [-0.39, 0.29) is 6.04 Å². The highest BCUT2D eigenvalue weighted by molar-refractivity contribution is 5.72. The van der Waals surface area contributed by atoms with Crippen LogP contribution in [0.2, 0.25) is 0 Å². The standard InChI is InChI=1S/C11H15NO2/c1-8(12-9(2)11(13)14)10-6-4-3-5-7-10/h3-9,12H,1-2H3,(H,13,14)/t8-,9-/m0/s1. The second-order valence-electron chi connectivity index (χ2n) is 3.36. The molecule has 2 atom stereocenters. The first-order valence-corrected chi connectivity index (χ1v) is 4.65. The van der Waals surface area contributed by atoms with Gasteiger partial charge in [-0.05, 0) is 19.4 Å². The highest BCUT2D eigenvalue weighted by Crippen LogP contribution is 2.11. The second-order valence-corrected chi connectivity index (χ2v) is 3.36. The van der Waals surface area contributed by atoms with Crippen LogP contribution in [-0.2, 0) is 4.79 Å². The molecule has 0 aromatic heterocycles. The van der Waals surface area contributed by atoms with Gasteiger partial charge in [0.05, 0.1) is 0 Å². The predicted molar refractivity (Wildman–Crippen MR) is 55.1 cm³/mol. The summed E-state index contributed by atoms with van der Waals surface area (Å²) in [5, 5.41) is 11.7. The lowest BCUT2D eigenvalue weighted by Crippen LogP contribution is -2.35. The molecule has 0 aliphatic rings. The number of hydrogen-bond donors (Lipinski definition) is 2. The van der Waals surface area contributed by atoms with Crippen LogP contribution < -0.4 is 5.32 Å². The normalized spacial score (nSPS) is 14.7. The number of carboxylic acids is 1. The first-order valence-electron chi connectivity index (χ1n) is 4.65. The zero-order chi connectivity index (χ0) is 10.6. The van der Waals surface area contributed by atoms with Gasteiger partial charge in [0.1, 0.15) is 6.04 Å². The molecule has 14 heavy (non-hydrogen) atoms. The van der Waals surface area contributed by atoms with Crippen LogP contribution in [-0.4, -0.2) is 17.1 Å². The molecule has 3 nitrogen and oxygen atoms in total. The van der Waals surface area contributed by atoms with Crippen molar-refractivity contribution in [3.05, 3.63) is 35.9 Å². The van der Waals surface area contributed by atoms with Gasteiger partial charge in [-0.15, -0.1) is 0 Å². The van der Waals surface area contributed by atoms with Crippen molar-refractivity contribution in [2.75, 3.05) is 0 Å². The predicted octanol–water partition coefficient (Wildman–Crippen LogP) is 1.81. The zero-order valence-electron chi connectivity index (χ0n) is 8.40. The van der Waals surface area contributed by atoms with Crippen LogP contribution in [0, 0.1) is 0 Å². The molecule has 0 aliphatic heterocycles. The molecule has 0 aliphatic carbocycles. The van der Waals surface area contributed by atoms with E-state index in [0.717, 1.165) is 5.56 Å². The number of carbonyl (C=O) groups is 1. The smallest absolute Gasteiger partial charge is 0.320 e. The summed E-state index contributed by atoms with van der Waals surface area (Å²) in [5.41, 5.74) is 1.10. The van der Waals surface area contributed by atoms with Crippen molar-refractivity contribution in [1.82, 2.24) is 5.32 Å². The molecule has 0 saturated carbocycles. The summed E-state index contributed by atoms with van der Waals surface area (Å²) in [5.74, 6) is -0.826. The number of benzene rings is 1. The molecule has 0 saturated heterocycles. The third kappa shape index (κ3) is 2.85. The molecule has 0 bridgehead atoms. The van der Waals surface area contributed by atoms with Gasteiger partial charge >= 0.3 is 5.97 Å². The fourth-order valence-corrected chi connectivity index (χ4v) is 1.28. The molecule has 76 valence electrons. The summed E-state index contributed by atoms with van der Waals surface area (Å²) in [4.78, 5) is 10.6. The maximum atomic E-state index is 10.6. The first kappa shape index (κ1) is 10.7. The van der Waals surface area contributed by atoms with Crippen molar-refractivity contribution in [2.24, 2.45) is 0 Å². The molecule has 0 heterocycles. The highest BCUT2D eigenvalue weighted by Gasteiger charge is 2.14. The lowest BCUT2D eigenvalue weighted by atomic mass is 10.1. The van der Waals surface area contributed by atoms with Crippen LogP contribution in [0.4, 0.5) is 0 Å². The SMILES string of the molecule is C[C@H](N[C@@H](C)c1ccccc1)C(=O)O. The molecular weight excluding hydrogens is 178 g/mol. The van der Waals surface area contributed by atoms with E-state index in [0.29, 0.717) is 0 Å². The van der Waals surface area contributed by atoms with Gasteiger partial charge in [0.25, 0.3) is 0 Å². The lowest BCUT2D eigenvalue weighted by Gasteiger charge is -2.17. The van der Waals surface area contributed by atoms with Gasteiger partial charge in [-0.3, -0.25) is 10.1 Å². The van der Waals surface area contributed by atoms with E-state index in [4.69, 9.17) is 5.11 Å². The van der Waals surface area contributed by atoms with Crippen molar-refractivity contribution >= 4 is 5.97 Å². The molecule has 0 radical (unpaired) electrons. The number of aliphatic carboxylic acids is 1. The summed E-state index contributed by atoms with van der Waals surface area (Å²) in [6, 6.07) is 9.32. The van der Waals surface area contributed by atoms with E-state index < -0.39 is 12.0 Å². The van der Waals surface area contributed by atoms with E-state index in [1.165, 1.54) is 0 Å². The van der Waals surface area contributed by atoms with Gasteiger partial charge < -0.3 is 5.11 Å². The fraction of sp³-hybridized carbons (Fsp3) is 0.364. The Bertz CT molecular complexity index is 297.